The third-order valence-corrected chi connectivity index (χ3v) is 13.1. The van der Waals surface area contributed by atoms with Crippen LogP contribution in [0.3, 0.4) is 0 Å². The first-order valence-electron chi connectivity index (χ1n) is 18.5. The van der Waals surface area contributed by atoms with Gasteiger partial charge in [0, 0.05) is 17.1 Å². The van der Waals surface area contributed by atoms with Gasteiger partial charge in [0.2, 0.25) is 11.8 Å². The lowest BCUT2D eigenvalue weighted by Gasteiger charge is -2.50. The molecule has 0 spiro atoms. The van der Waals surface area contributed by atoms with Crippen molar-refractivity contribution in [3.05, 3.63) is 121 Å². The number of nitrogens with zero attached hydrogens (tertiary/aromatic N) is 3. The van der Waals surface area contributed by atoms with Crippen LogP contribution >= 0.6 is 39.1 Å². The van der Waals surface area contributed by atoms with Crippen LogP contribution in [0.5, 0.6) is 11.5 Å². The van der Waals surface area contributed by atoms with Gasteiger partial charge < -0.3 is 9.84 Å². The van der Waals surface area contributed by atoms with Crippen molar-refractivity contribution in [1.29, 1.82) is 0 Å². The standard InChI is InChI=1S/C41H26BrCl2F9N4O6/c1-63-29-9-16(8-27(42)32(29)58)31-23-6-7-24-30(36(61)56(34(24)59)22-11-18(39(45,46)47)10-19(12-22)40(48,49)50)25(23)14-26-35(60)57(37(62)38(26,31)17-2-4-21(43)5-3-17)55-33-28(44)13-20(15-54-33)41(51,52)53/h2-6,8-13,15,24-26,30-31,58H,7,14H2,1H3,(H,54,55). The van der Waals surface area contributed by atoms with Gasteiger partial charge in [-0.2, -0.15) is 44.5 Å². The minimum Gasteiger partial charge on any atom is -0.503 e. The number of anilines is 2. The number of hydrogen-bond acceptors (Lipinski definition) is 8. The Kier molecular flexibility index (Phi) is 10.6. The number of halogens is 12. The third kappa shape index (κ3) is 7.08. The predicted molar refractivity (Wildman–Crippen MR) is 208 cm³/mol. The van der Waals surface area contributed by atoms with Crippen molar-refractivity contribution in [3.63, 3.8) is 0 Å². The van der Waals surface area contributed by atoms with E-state index < -0.39 is 117 Å². The summed E-state index contributed by atoms with van der Waals surface area (Å²) in [5, 5.41) is 10.9. The molecule has 2 saturated heterocycles. The van der Waals surface area contributed by atoms with Crippen LogP contribution in [0, 0.1) is 23.7 Å². The number of hydrazine groups is 1. The van der Waals surface area contributed by atoms with Crippen LogP contribution in [-0.2, 0) is 43.1 Å². The summed E-state index contributed by atoms with van der Waals surface area (Å²) < 4.78 is 130. The molecule has 0 bridgehead atoms. The second-order valence-corrected chi connectivity index (χ2v) is 16.9. The van der Waals surface area contributed by atoms with Gasteiger partial charge in [-0.1, -0.05) is 47.0 Å². The minimum absolute atomic E-state index is 0.0341. The van der Waals surface area contributed by atoms with Gasteiger partial charge in [-0.05, 0) is 94.3 Å². The highest BCUT2D eigenvalue weighted by atomic mass is 79.9. The smallest absolute Gasteiger partial charge is 0.417 e. The number of phenolic OH excluding ortho intramolecular Hbond substituents is 1. The number of aromatic nitrogens is 1. The molecule has 3 aromatic carbocycles. The number of rotatable bonds is 6. The van der Waals surface area contributed by atoms with Crippen molar-refractivity contribution in [1.82, 2.24) is 9.99 Å². The zero-order chi connectivity index (χ0) is 45.9. The maximum atomic E-state index is 15.4. The molecule has 4 aromatic rings. The molecule has 2 N–H and O–H groups in total. The summed E-state index contributed by atoms with van der Waals surface area (Å²) in [6.07, 6.45) is -14.3. The average molecular weight is 992 g/mol. The fourth-order valence-corrected chi connectivity index (χ4v) is 10.2. The number of carbonyl (C=O) groups is 4. The van der Waals surface area contributed by atoms with E-state index in [-0.39, 0.29) is 67.2 Å². The molecule has 3 fully saturated rings. The zero-order valence-electron chi connectivity index (χ0n) is 31.6. The fourth-order valence-electron chi connectivity index (χ4n) is 9.40. The molecule has 1 saturated carbocycles. The number of aromatic hydroxyl groups is 1. The summed E-state index contributed by atoms with van der Waals surface area (Å²) in [7, 11) is 1.23. The third-order valence-electron chi connectivity index (χ3n) is 12.0. The molecule has 2 aliphatic heterocycles. The normalized spacial score (nSPS) is 24.9. The van der Waals surface area contributed by atoms with Crippen molar-refractivity contribution in [3.8, 4) is 11.5 Å². The van der Waals surface area contributed by atoms with Crippen LogP contribution in [0.2, 0.25) is 10.0 Å². The minimum atomic E-state index is -5.32. The van der Waals surface area contributed by atoms with Gasteiger partial charge in [0.05, 0.1) is 62.2 Å². The Bertz CT molecular complexity index is 2630. The van der Waals surface area contributed by atoms with Crippen LogP contribution in [0.25, 0.3) is 0 Å². The molecule has 6 unspecified atom stereocenters. The molecule has 2 aliphatic carbocycles. The number of imide groups is 2. The maximum absolute atomic E-state index is 15.4. The largest absolute Gasteiger partial charge is 0.503 e. The Morgan fingerprint density at radius 1 is 0.825 bits per heavy atom. The highest BCUT2D eigenvalue weighted by Crippen LogP contribution is 2.65. The number of fused-ring (bicyclic) bond motifs is 4. The van der Waals surface area contributed by atoms with E-state index in [1.54, 1.807) is 0 Å². The van der Waals surface area contributed by atoms with Crippen molar-refractivity contribution in [2.45, 2.75) is 42.7 Å². The Morgan fingerprint density at radius 3 is 2.02 bits per heavy atom. The number of benzene rings is 3. The molecule has 4 amide bonds. The van der Waals surface area contributed by atoms with E-state index in [0.717, 1.165) is 0 Å². The summed E-state index contributed by atoms with van der Waals surface area (Å²) in [6.45, 7) is 0. The lowest BCUT2D eigenvalue weighted by molar-refractivity contribution is -0.143. The monoisotopic (exact) mass is 990 g/mol. The van der Waals surface area contributed by atoms with Crippen LogP contribution in [0.4, 0.5) is 51.0 Å². The van der Waals surface area contributed by atoms with E-state index in [1.807, 2.05) is 0 Å². The SMILES string of the molecule is COc1cc(C2C3=CCC4C(=O)N(c5cc(C(F)(F)F)cc(C(F)(F)F)c5)C(=O)C4C3CC3C(=O)N(Nc4ncc(C(F)(F)F)cc4Cl)C(=O)C32c2ccc(Cl)cc2)cc(Br)c1O. The lowest BCUT2D eigenvalue weighted by atomic mass is 9.49. The average Bonchev–Trinajstić information content (AvgIpc) is 3.59. The second-order valence-electron chi connectivity index (χ2n) is 15.2. The van der Waals surface area contributed by atoms with Gasteiger partial charge in [0.1, 0.15) is 0 Å². The van der Waals surface area contributed by atoms with Crippen LogP contribution in [-0.4, -0.2) is 45.8 Å². The van der Waals surface area contributed by atoms with Gasteiger partial charge in [0.15, 0.2) is 17.3 Å². The number of phenols is 1. The number of hydrogen-bond donors (Lipinski definition) is 2. The van der Waals surface area contributed by atoms with E-state index in [4.69, 9.17) is 27.9 Å². The first-order valence-corrected chi connectivity index (χ1v) is 20.0. The molecule has 3 heterocycles. The van der Waals surface area contributed by atoms with Crippen molar-refractivity contribution in [2.24, 2.45) is 23.7 Å². The predicted octanol–water partition coefficient (Wildman–Crippen LogP) is 10.1. The summed E-state index contributed by atoms with van der Waals surface area (Å²) in [5.74, 6) is -12.2. The number of amides is 4. The molecule has 330 valence electrons. The molecule has 63 heavy (non-hydrogen) atoms. The quantitative estimate of drug-likeness (QED) is 0.111. The van der Waals surface area contributed by atoms with Crippen molar-refractivity contribution >= 4 is 74.3 Å². The Balaban J connectivity index is 1.32. The van der Waals surface area contributed by atoms with Gasteiger partial charge in [0.25, 0.3) is 11.8 Å². The molecule has 8 rings (SSSR count). The van der Waals surface area contributed by atoms with Gasteiger partial charge in [-0.15, -0.1) is 0 Å². The molecule has 1 aromatic heterocycles. The van der Waals surface area contributed by atoms with E-state index in [0.29, 0.717) is 17.3 Å². The topological polar surface area (TPSA) is 129 Å². The lowest BCUT2D eigenvalue weighted by Crippen LogP contribution is -2.53. The Hall–Kier alpha value is -5.34. The molecule has 0 radical (unpaired) electrons. The zero-order valence-corrected chi connectivity index (χ0v) is 34.7. The van der Waals surface area contributed by atoms with E-state index in [9.17, 15) is 59.0 Å². The summed E-state index contributed by atoms with van der Waals surface area (Å²) >= 11 is 15.8. The van der Waals surface area contributed by atoms with Gasteiger partial charge in [-0.25, -0.2) is 9.88 Å². The Morgan fingerprint density at radius 2 is 1.44 bits per heavy atom. The number of ether oxygens (including phenoxy) is 1. The highest BCUT2D eigenvalue weighted by Gasteiger charge is 2.70. The van der Waals surface area contributed by atoms with Crippen LogP contribution in [0.1, 0.15) is 46.6 Å². The number of pyridine rings is 1. The van der Waals surface area contributed by atoms with Gasteiger partial charge in [-0.3, -0.25) is 24.6 Å². The van der Waals surface area contributed by atoms with E-state index in [2.05, 4.69) is 26.3 Å². The molecule has 22 heteroatoms. The highest BCUT2D eigenvalue weighted by molar-refractivity contribution is 9.10. The van der Waals surface area contributed by atoms with E-state index >= 15 is 4.79 Å². The summed E-state index contributed by atoms with van der Waals surface area (Å²) in [6, 6.07) is 9.41. The van der Waals surface area contributed by atoms with Crippen LogP contribution < -0.4 is 15.1 Å². The summed E-state index contributed by atoms with van der Waals surface area (Å²) in [4.78, 5) is 63.0. The molecule has 10 nitrogen and oxygen atoms in total. The fraction of sp³-hybridized carbons (Fsp3) is 0.293. The first kappa shape index (κ1) is 44.3. The number of carbonyl (C=O) groups excluding carboxylic acids is 4. The number of allylic oxidation sites excluding steroid dienone is 2. The van der Waals surface area contributed by atoms with E-state index in [1.165, 1.54) is 49.6 Å². The molecular weight excluding hydrogens is 966 g/mol. The van der Waals surface area contributed by atoms with Gasteiger partial charge >= 0.3 is 18.5 Å². The number of methoxy groups -OCH3 is 1. The maximum Gasteiger partial charge on any atom is 0.417 e. The second kappa shape index (κ2) is 15.1. The first-order chi connectivity index (χ1) is 29.4. The molecular formula is C41H26BrCl2F9N4O6. The van der Waals surface area contributed by atoms with Crippen LogP contribution in [0.15, 0.2) is 83.0 Å². The Labute approximate surface area is 367 Å². The summed E-state index contributed by atoms with van der Waals surface area (Å²) in [5.41, 5.74) is -4.75. The number of nitrogens with one attached hydrogen (secondary N) is 1. The molecule has 4 aliphatic rings. The number of alkyl halides is 9. The van der Waals surface area contributed by atoms with Crippen molar-refractivity contribution < 1.29 is 68.5 Å². The molecule has 6 atom stereocenters. The van der Waals surface area contributed by atoms with Crippen molar-refractivity contribution in [2.75, 3.05) is 17.4 Å².